The summed E-state index contributed by atoms with van der Waals surface area (Å²) in [4.78, 5) is 10.6. The molecule has 2 aromatic rings. The lowest BCUT2D eigenvalue weighted by Gasteiger charge is -2.23. The van der Waals surface area contributed by atoms with Gasteiger partial charge in [0.1, 0.15) is 5.82 Å². The van der Waals surface area contributed by atoms with E-state index in [-0.39, 0.29) is 0 Å². The molecule has 1 aliphatic carbocycles. The van der Waals surface area contributed by atoms with Crippen LogP contribution < -0.4 is 5.32 Å². The van der Waals surface area contributed by atoms with Gasteiger partial charge in [-0.15, -0.1) is 11.8 Å². The van der Waals surface area contributed by atoms with E-state index in [4.69, 9.17) is 4.98 Å². The van der Waals surface area contributed by atoms with E-state index in [0.717, 1.165) is 36.9 Å². The van der Waals surface area contributed by atoms with E-state index in [2.05, 4.69) is 34.6 Å². The Balaban J connectivity index is 1.64. The standard InChI is InChI=1S/C17H21N3S/c1-18-10-13-7-8-16-14(9-13)11-19-17(20-16)12-21-15-5-3-2-4-6-15/h2-6,11,13,18H,7-10,12H2,1H3. The summed E-state index contributed by atoms with van der Waals surface area (Å²) < 4.78 is 0. The third kappa shape index (κ3) is 3.83. The molecule has 3 rings (SSSR count). The second kappa shape index (κ2) is 7.05. The minimum atomic E-state index is 0.732. The van der Waals surface area contributed by atoms with E-state index < -0.39 is 0 Å². The molecule has 0 aliphatic heterocycles. The quantitative estimate of drug-likeness (QED) is 0.861. The van der Waals surface area contributed by atoms with Gasteiger partial charge in [-0.3, -0.25) is 0 Å². The van der Waals surface area contributed by atoms with Crippen LogP contribution in [0.1, 0.15) is 23.5 Å². The molecule has 1 N–H and O–H groups in total. The fraction of sp³-hybridized carbons (Fsp3) is 0.412. The summed E-state index contributed by atoms with van der Waals surface area (Å²) in [6, 6.07) is 10.4. The van der Waals surface area contributed by atoms with E-state index >= 15 is 0 Å². The molecule has 0 radical (unpaired) electrons. The minimum Gasteiger partial charge on any atom is -0.319 e. The number of nitrogens with zero attached hydrogens (tertiary/aromatic N) is 2. The lowest BCUT2D eigenvalue weighted by molar-refractivity contribution is 0.433. The first-order chi connectivity index (χ1) is 10.3. The Morgan fingerprint density at radius 3 is 2.95 bits per heavy atom. The van der Waals surface area contributed by atoms with Crippen molar-refractivity contribution in [3.63, 3.8) is 0 Å². The second-order valence-corrected chi connectivity index (χ2v) is 6.58. The summed E-state index contributed by atoms with van der Waals surface area (Å²) in [5.41, 5.74) is 2.61. The molecule has 0 spiro atoms. The number of fused-ring (bicyclic) bond motifs is 1. The number of aromatic nitrogens is 2. The van der Waals surface area contributed by atoms with E-state index in [1.807, 2.05) is 19.3 Å². The molecule has 21 heavy (non-hydrogen) atoms. The highest BCUT2D eigenvalue weighted by Gasteiger charge is 2.19. The molecule has 1 heterocycles. The van der Waals surface area contributed by atoms with Crippen molar-refractivity contribution >= 4 is 11.8 Å². The number of hydrogen-bond acceptors (Lipinski definition) is 4. The molecule has 0 saturated heterocycles. The van der Waals surface area contributed by atoms with Gasteiger partial charge in [-0.2, -0.15) is 0 Å². The lowest BCUT2D eigenvalue weighted by Crippen LogP contribution is -2.25. The number of benzene rings is 1. The zero-order valence-corrected chi connectivity index (χ0v) is 13.2. The van der Waals surface area contributed by atoms with Crippen LogP contribution in [0.25, 0.3) is 0 Å². The number of hydrogen-bond donors (Lipinski definition) is 1. The molecule has 0 saturated carbocycles. The Kier molecular flexibility index (Phi) is 4.88. The van der Waals surface area contributed by atoms with Crippen LogP contribution in [0.3, 0.4) is 0 Å². The van der Waals surface area contributed by atoms with Gasteiger partial charge in [0.25, 0.3) is 0 Å². The Morgan fingerprint density at radius 1 is 1.29 bits per heavy atom. The summed E-state index contributed by atoms with van der Waals surface area (Å²) in [5.74, 6) is 2.53. The van der Waals surface area contributed by atoms with Crippen LogP contribution >= 0.6 is 11.8 Å². The number of thioether (sulfide) groups is 1. The summed E-state index contributed by atoms with van der Waals surface area (Å²) in [6.45, 7) is 1.09. The summed E-state index contributed by atoms with van der Waals surface area (Å²) >= 11 is 1.80. The molecule has 1 aliphatic rings. The fourth-order valence-corrected chi connectivity index (χ4v) is 3.61. The second-order valence-electron chi connectivity index (χ2n) is 5.53. The van der Waals surface area contributed by atoms with Crippen LogP contribution in [0.15, 0.2) is 41.4 Å². The van der Waals surface area contributed by atoms with Crippen LogP contribution in [-0.2, 0) is 18.6 Å². The lowest BCUT2D eigenvalue weighted by atomic mass is 9.87. The molecule has 110 valence electrons. The van der Waals surface area contributed by atoms with Crippen molar-refractivity contribution in [2.45, 2.75) is 29.9 Å². The largest absolute Gasteiger partial charge is 0.319 e. The van der Waals surface area contributed by atoms with Crippen LogP contribution in [0, 0.1) is 5.92 Å². The van der Waals surface area contributed by atoms with Crippen LogP contribution in [0.4, 0.5) is 0 Å². The Morgan fingerprint density at radius 2 is 2.14 bits per heavy atom. The molecular weight excluding hydrogens is 278 g/mol. The van der Waals surface area contributed by atoms with Gasteiger partial charge >= 0.3 is 0 Å². The average molecular weight is 299 g/mol. The van der Waals surface area contributed by atoms with Gasteiger partial charge in [0.05, 0.1) is 5.75 Å². The Labute approximate surface area is 130 Å². The van der Waals surface area contributed by atoms with E-state index in [9.17, 15) is 0 Å². The molecule has 3 nitrogen and oxygen atoms in total. The summed E-state index contributed by atoms with van der Waals surface area (Å²) in [6.07, 6.45) is 5.48. The molecule has 1 aromatic carbocycles. The molecule has 0 fully saturated rings. The van der Waals surface area contributed by atoms with Crippen molar-refractivity contribution < 1.29 is 0 Å². The maximum atomic E-state index is 4.77. The van der Waals surface area contributed by atoms with Gasteiger partial charge < -0.3 is 5.32 Å². The van der Waals surface area contributed by atoms with Crippen molar-refractivity contribution in [2.75, 3.05) is 13.6 Å². The highest BCUT2D eigenvalue weighted by molar-refractivity contribution is 7.98. The minimum absolute atomic E-state index is 0.732. The predicted molar refractivity (Wildman–Crippen MR) is 87.5 cm³/mol. The first kappa shape index (κ1) is 14.5. The zero-order chi connectivity index (χ0) is 14.5. The SMILES string of the molecule is CNCC1CCc2nc(CSc3ccccc3)ncc2C1. The van der Waals surface area contributed by atoms with Crippen molar-refractivity contribution in [2.24, 2.45) is 5.92 Å². The third-order valence-corrected chi connectivity index (χ3v) is 4.91. The molecule has 1 unspecified atom stereocenters. The highest BCUT2D eigenvalue weighted by atomic mass is 32.2. The highest BCUT2D eigenvalue weighted by Crippen LogP contribution is 2.25. The van der Waals surface area contributed by atoms with Crippen molar-refractivity contribution in [1.82, 2.24) is 15.3 Å². The Hall–Kier alpha value is -1.39. The first-order valence-electron chi connectivity index (χ1n) is 7.51. The normalized spacial score (nSPS) is 17.5. The topological polar surface area (TPSA) is 37.8 Å². The zero-order valence-electron chi connectivity index (χ0n) is 12.4. The van der Waals surface area contributed by atoms with Crippen molar-refractivity contribution in [1.29, 1.82) is 0 Å². The smallest absolute Gasteiger partial charge is 0.138 e. The van der Waals surface area contributed by atoms with Gasteiger partial charge in [-0.25, -0.2) is 9.97 Å². The Bertz CT molecular complexity index is 586. The molecule has 4 heteroatoms. The predicted octanol–water partition coefficient (Wildman–Crippen LogP) is 3.09. The summed E-state index contributed by atoms with van der Waals surface area (Å²) in [5, 5.41) is 3.27. The van der Waals surface area contributed by atoms with E-state index in [0.29, 0.717) is 0 Å². The molecule has 1 aromatic heterocycles. The number of rotatable bonds is 5. The van der Waals surface area contributed by atoms with Gasteiger partial charge in [0.2, 0.25) is 0 Å². The maximum absolute atomic E-state index is 4.77. The van der Waals surface area contributed by atoms with E-state index in [1.165, 1.54) is 22.6 Å². The molecule has 0 amide bonds. The molecule has 0 bridgehead atoms. The third-order valence-electron chi connectivity index (χ3n) is 3.91. The maximum Gasteiger partial charge on any atom is 0.138 e. The average Bonchev–Trinajstić information content (AvgIpc) is 2.54. The number of nitrogens with one attached hydrogen (secondary N) is 1. The van der Waals surface area contributed by atoms with Crippen molar-refractivity contribution in [3.05, 3.63) is 53.6 Å². The van der Waals surface area contributed by atoms with Gasteiger partial charge in [-0.05, 0) is 56.5 Å². The number of aryl methyl sites for hydroxylation is 1. The monoisotopic (exact) mass is 299 g/mol. The van der Waals surface area contributed by atoms with Gasteiger partial charge in [0, 0.05) is 16.8 Å². The first-order valence-corrected chi connectivity index (χ1v) is 8.50. The van der Waals surface area contributed by atoms with Crippen molar-refractivity contribution in [3.8, 4) is 0 Å². The van der Waals surface area contributed by atoms with Gasteiger partial charge in [-0.1, -0.05) is 18.2 Å². The molecule has 1 atom stereocenters. The van der Waals surface area contributed by atoms with Crippen LogP contribution in [0.5, 0.6) is 0 Å². The van der Waals surface area contributed by atoms with E-state index in [1.54, 1.807) is 11.8 Å². The fourth-order valence-electron chi connectivity index (χ4n) is 2.82. The van der Waals surface area contributed by atoms with Crippen LogP contribution in [-0.4, -0.2) is 23.6 Å². The van der Waals surface area contributed by atoms with Gasteiger partial charge in [0.15, 0.2) is 0 Å². The molecular formula is C17H21N3S. The summed E-state index contributed by atoms with van der Waals surface area (Å²) in [7, 11) is 2.02. The van der Waals surface area contributed by atoms with Crippen LogP contribution in [0.2, 0.25) is 0 Å².